The van der Waals surface area contributed by atoms with Crippen molar-refractivity contribution in [1.82, 2.24) is 5.06 Å². The summed E-state index contributed by atoms with van der Waals surface area (Å²) in [4.78, 5) is 5.34. The Labute approximate surface area is 65.7 Å². The highest BCUT2D eigenvalue weighted by atomic mass is 16.7. The molecule has 0 N–H and O–H groups in total. The average Bonchev–Trinajstić information content (AvgIpc) is 2.17. The van der Waals surface area contributed by atoms with E-state index in [9.17, 15) is 0 Å². The van der Waals surface area contributed by atoms with Gasteiger partial charge in [-0.2, -0.15) is 0 Å². The lowest BCUT2D eigenvalue weighted by Gasteiger charge is -2.06. The molecule has 0 saturated carbocycles. The van der Waals surface area contributed by atoms with Gasteiger partial charge in [-0.1, -0.05) is 18.2 Å². The van der Waals surface area contributed by atoms with Gasteiger partial charge >= 0.3 is 0 Å². The van der Waals surface area contributed by atoms with Crippen LogP contribution in [0.4, 0.5) is 0 Å². The van der Waals surface area contributed by atoms with Gasteiger partial charge in [0.25, 0.3) is 0 Å². The maximum atomic E-state index is 5.34. The molecule has 0 aromatic carbocycles. The van der Waals surface area contributed by atoms with Crippen molar-refractivity contribution in [2.75, 3.05) is 7.05 Å². The zero-order valence-electron chi connectivity index (χ0n) is 6.32. The Kier molecular flexibility index (Phi) is 1.32. The monoisotopic (exact) mass is 147 g/mol. The molecule has 2 nitrogen and oxygen atoms in total. The first-order valence-electron chi connectivity index (χ1n) is 3.54. The fourth-order valence-electron chi connectivity index (χ4n) is 1.11. The molecule has 2 aliphatic rings. The van der Waals surface area contributed by atoms with E-state index in [1.165, 1.54) is 0 Å². The van der Waals surface area contributed by atoms with Gasteiger partial charge in [0.1, 0.15) is 0 Å². The van der Waals surface area contributed by atoms with Crippen LogP contribution in [0.25, 0.3) is 0 Å². The molecule has 0 spiro atoms. The molecule has 56 valence electrons. The van der Waals surface area contributed by atoms with Crippen molar-refractivity contribution < 1.29 is 4.84 Å². The van der Waals surface area contributed by atoms with E-state index in [2.05, 4.69) is 0 Å². The summed E-state index contributed by atoms with van der Waals surface area (Å²) >= 11 is 0. The topological polar surface area (TPSA) is 12.5 Å². The average molecular weight is 147 g/mol. The van der Waals surface area contributed by atoms with Crippen LogP contribution < -0.4 is 0 Å². The first-order valence-corrected chi connectivity index (χ1v) is 3.54. The normalized spacial score (nSPS) is 20.3. The second-order valence-electron chi connectivity index (χ2n) is 2.50. The lowest BCUT2D eigenvalue weighted by atomic mass is 10.2. The summed E-state index contributed by atoms with van der Waals surface area (Å²) in [6.07, 6.45) is 11.9. The number of hydrogen-bond donors (Lipinski definition) is 0. The highest BCUT2D eigenvalue weighted by Crippen LogP contribution is 2.23. The molecule has 0 fully saturated rings. The molecule has 0 atom stereocenters. The highest BCUT2D eigenvalue weighted by molar-refractivity contribution is 5.43. The second-order valence-corrected chi connectivity index (χ2v) is 2.50. The zero-order chi connectivity index (χ0) is 7.68. The molecule has 0 saturated heterocycles. The second kappa shape index (κ2) is 2.31. The number of rotatable bonds is 0. The van der Waals surface area contributed by atoms with Gasteiger partial charge in [0.2, 0.25) is 0 Å². The molecular formula is C9H9NO. The van der Waals surface area contributed by atoms with Crippen molar-refractivity contribution in [2.24, 2.45) is 0 Å². The molecule has 2 heteroatoms. The number of fused-ring (bicyclic) bond motifs is 1. The van der Waals surface area contributed by atoms with Crippen LogP contribution in [0.5, 0.6) is 0 Å². The van der Waals surface area contributed by atoms with E-state index in [-0.39, 0.29) is 0 Å². The largest absolute Gasteiger partial charge is 0.380 e. The Morgan fingerprint density at radius 1 is 1.27 bits per heavy atom. The van der Waals surface area contributed by atoms with Crippen molar-refractivity contribution in [3.8, 4) is 0 Å². The van der Waals surface area contributed by atoms with Gasteiger partial charge in [-0.15, -0.1) is 0 Å². The van der Waals surface area contributed by atoms with E-state index >= 15 is 0 Å². The lowest BCUT2D eigenvalue weighted by Crippen LogP contribution is -2.03. The highest BCUT2D eigenvalue weighted by Gasteiger charge is 2.14. The summed E-state index contributed by atoms with van der Waals surface area (Å²) < 4.78 is 0. The first-order chi connectivity index (χ1) is 5.36. The molecule has 0 aromatic rings. The van der Waals surface area contributed by atoms with Crippen molar-refractivity contribution in [2.45, 2.75) is 0 Å². The number of nitrogens with zero attached hydrogens (tertiary/aromatic N) is 1. The van der Waals surface area contributed by atoms with Gasteiger partial charge in [0.05, 0.1) is 0 Å². The summed E-state index contributed by atoms with van der Waals surface area (Å²) in [5.74, 6) is 0.914. The van der Waals surface area contributed by atoms with Gasteiger partial charge in [-0.05, 0) is 12.2 Å². The Hall–Kier alpha value is -1.44. The smallest absolute Gasteiger partial charge is 0.164 e. The van der Waals surface area contributed by atoms with E-state index in [0.29, 0.717) is 0 Å². The summed E-state index contributed by atoms with van der Waals surface area (Å²) in [5.41, 5.74) is 1.12. The Morgan fingerprint density at radius 3 is 3.09 bits per heavy atom. The van der Waals surface area contributed by atoms with Crippen LogP contribution in [0.2, 0.25) is 0 Å². The predicted molar refractivity (Wildman–Crippen MR) is 43.3 cm³/mol. The fourth-order valence-corrected chi connectivity index (χ4v) is 1.11. The molecule has 0 amide bonds. The first kappa shape index (κ1) is 6.28. The van der Waals surface area contributed by atoms with Gasteiger partial charge in [-0.3, -0.25) is 0 Å². The quantitative estimate of drug-likeness (QED) is 0.517. The maximum Gasteiger partial charge on any atom is 0.164 e. The molecule has 1 aliphatic heterocycles. The van der Waals surface area contributed by atoms with Gasteiger partial charge < -0.3 is 4.84 Å². The van der Waals surface area contributed by atoms with Crippen LogP contribution >= 0.6 is 0 Å². The van der Waals surface area contributed by atoms with Crippen LogP contribution in [0.1, 0.15) is 0 Å². The molecule has 0 aromatic heterocycles. The number of allylic oxidation sites excluding steroid dienone is 5. The van der Waals surface area contributed by atoms with E-state index < -0.39 is 0 Å². The van der Waals surface area contributed by atoms with Crippen molar-refractivity contribution in [3.05, 3.63) is 47.9 Å². The standard InChI is InChI=1S/C9H9NO/c1-10-7-8-5-3-2-4-6-9(8)11-10/h2-7H,1H3. The molecule has 1 heterocycles. The fraction of sp³-hybridized carbons (Fsp3) is 0.111. The predicted octanol–water partition coefficient (Wildman–Crippen LogP) is 1.76. The molecule has 0 bridgehead atoms. The Bertz CT molecular complexity index is 284. The summed E-state index contributed by atoms with van der Waals surface area (Å²) in [6.45, 7) is 0. The summed E-state index contributed by atoms with van der Waals surface area (Å²) in [7, 11) is 1.88. The molecule has 11 heavy (non-hydrogen) atoms. The van der Waals surface area contributed by atoms with Crippen LogP contribution in [0.15, 0.2) is 47.9 Å². The minimum Gasteiger partial charge on any atom is -0.380 e. The summed E-state index contributed by atoms with van der Waals surface area (Å²) in [6, 6.07) is 0. The van der Waals surface area contributed by atoms with Crippen molar-refractivity contribution in [3.63, 3.8) is 0 Å². The lowest BCUT2D eigenvalue weighted by molar-refractivity contribution is -0.0298. The van der Waals surface area contributed by atoms with Gasteiger partial charge in [-0.25, -0.2) is 5.06 Å². The van der Waals surface area contributed by atoms with E-state index in [1.807, 2.05) is 43.6 Å². The van der Waals surface area contributed by atoms with E-state index in [0.717, 1.165) is 11.3 Å². The van der Waals surface area contributed by atoms with Crippen LogP contribution in [-0.2, 0) is 4.84 Å². The molecule has 0 unspecified atom stereocenters. The zero-order valence-corrected chi connectivity index (χ0v) is 6.32. The minimum atomic E-state index is 0.914. The number of hydrogen-bond acceptors (Lipinski definition) is 2. The van der Waals surface area contributed by atoms with Crippen molar-refractivity contribution in [1.29, 1.82) is 0 Å². The summed E-state index contributed by atoms with van der Waals surface area (Å²) in [5, 5.41) is 1.70. The van der Waals surface area contributed by atoms with Crippen LogP contribution in [0.3, 0.4) is 0 Å². The maximum absolute atomic E-state index is 5.34. The van der Waals surface area contributed by atoms with Gasteiger partial charge in [0.15, 0.2) is 5.76 Å². The molecule has 2 rings (SSSR count). The molecule has 0 radical (unpaired) electrons. The Morgan fingerprint density at radius 2 is 2.18 bits per heavy atom. The van der Waals surface area contributed by atoms with E-state index in [4.69, 9.17) is 4.84 Å². The molecular weight excluding hydrogens is 138 g/mol. The third-order valence-electron chi connectivity index (χ3n) is 1.59. The minimum absolute atomic E-state index is 0.914. The van der Waals surface area contributed by atoms with Crippen LogP contribution in [0, 0.1) is 0 Å². The number of hydroxylamine groups is 2. The molecule has 1 aliphatic carbocycles. The third kappa shape index (κ3) is 1.07. The Balaban J connectivity index is 2.39. The van der Waals surface area contributed by atoms with Gasteiger partial charge in [0, 0.05) is 18.8 Å². The van der Waals surface area contributed by atoms with Crippen molar-refractivity contribution >= 4 is 0 Å². The van der Waals surface area contributed by atoms with Crippen LogP contribution in [-0.4, -0.2) is 12.1 Å². The van der Waals surface area contributed by atoms with E-state index in [1.54, 1.807) is 5.06 Å². The third-order valence-corrected chi connectivity index (χ3v) is 1.59. The SMILES string of the molecule is CN1C=C2C=CC=CC=C2O1.